The largest absolute Gasteiger partial charge is 0.461 e. The number of hydrogen-bond donors (Lipinski definition) is 1. The first-order valence-electron chi connectivity index (χ1n) is 6.29. The number of aromatic nitrogens is 3. The van der Waals surface area contributed by atoms with E-state index in [1.54, 1.807) is 0 Å². The molecule has 0 saturated carbocycles. The summed E-state index contributed by atoms with van der Waals surface area (Å²) >= 11 is 0. The fraction of sp³-hybridized carbons (Fsp3) is 0.667. The smallest absolute Gasteiger partial charge is 0.323 e. The van der Waals surface area contributed by atoms with Gasteiger partial charge in [-0.2, -0.15) is 20.2 Å². The average molecular weight is 264 g/mol. The molecule has 0 bridgehead atoms. The minimum Gasteiger partial charge on any atom is -0.461 e. The predicted octanol–water partition coefficient (Wildman–Crippen LogP) is 1.23. The maximum atomic E-state index is 8.88. The molecule has 1 aromatic rings. The van der Waals surface area contributed by atoms with Crippen LogP contribution in [0.2, 0.25) is 0 Å². The molecular formula is C12H20N6O. The first-order valence-corrected chi connectivity index (χ1v) is 6.29. The molecule has 0 spiro atoms. The van der Waals surface area contributed by atoms with Crippen LogP contribution < -0.4 is 15.4 Å². The number of ether oxygens (including phenoxy) is 1. The van der Waals surface area contributed by atoms with Crippen molar-refractivity contribution in [2.45, 2.75) is 33.8 Å². The molecule has 0 radical (unpaired) electrons. The van der Waals surface area contributed by atoms with Crippen molar-refractivity contribution in [2.75, 3.05) is 23.7 Å². The molecule has 19 heavy (non-hydrogen) atoms. The van der Waals surface area contributed by atoms with Gasteiger partial charge in [-0.1, -0.05) is 0 Å². The number of rotatable bonds is 6. The third-order valence-electron chi connectivity index (χ3n) is 2.34. The summed E-state index contributed by atoms with van der Waals surface area (Å²) < 4.78 is 5.43. The number of nitrogens with zero attached hydrogens (tertiary/aromatic N) is 5. The van der Waals surface area contributed by atoms with Crippen LogP contribution in [-0.2, 0) is 0 Å². The number of hydrogen-bond acceptors (Lipinski definition) is 7. The van der Waals surface area contributed by atoms with Crippen molar-refractivity contribution in [3.63, 3.8) is 0 Å². The zero-order valence-electron chi connectivity index (χ0n) is 11.8. The Hall–Kier alpha value is -2.10. The molecule has 7 nitrogen and oxygen atoms in total. The second-order valence-electron chi connectivity index (χ2n) is 4.51. The van der Waals surface area contributed by atoms with Crippen LogP contribution >= 0.6 is 0 Å². The van der Waals surface area contributed by atoms with Gasteiger partial charge in [0, 0.05) is 13.1 Å². The van der Waals surface area contributed by atoms with Gasteiger partial charge in [0.05, 0.1) is 18.1 Å². The Labute approximate surface area is 113 Å². The molecule has 1 aromatic heterocycles. The Morgan fingerprint density at radius 1 is 1.32 bits per heavy atom. The van der Waals surface area contributed by atoms with Gasteiger partial charge in [-0.25, -0.2) is 0 Å². The summed E-state index contributed by atoms with van der Waals surface area (Å²) in [6.07, 6.45) is -0.0391. The Morgan fingerprint density at radius 3 is 2.53 bits per heavy atom. The van der Waals surface area contributed by atoms with Gasteiger partial charge in [0.15, 0.2) is 0 Å². The van der Waals surface area contributed by atoms with Crippen LogP contribution in [0, 0.1) is 17.2 Å². The zero-order chi connectivity index (χ0) is 14.4. The first-order chi connectivity index (χ1) is 8.96. The Kier molecular flexibility index (Phi) is 5.30. The van der Waals surface area contributed by atoms with E-state index in [1.165, 1.54) is 0 Å². The van der Waals surface area contributed by atoms with Gasteiger partial charge in [-0.05, 0) is 27.7 Å². The zero-order valence-corrected chi connectivity index (χ0v) is 11.8. The highest BCUT2D eigenvalue weighted by Gasteiger charge is 2.15. The van der Waals surface area contributed by atoms with Crippen molar-refractivity contribution < 1.29 is 4.74 Å². The average Bonchev–Trinajstić information content (AvgIpc) is 2.33. The lowest BCUT2D eigenvalue weighted by molar-refractivity contribution is 0.222. The third-order valence-corrected chi connectivity index (χ3v) is 2.34. The van der Waals surface area contributed by atoms with Crippen LogP contribution in [0.1, 0.15) is 27.7 Å². The summed E-state index contributed by atoms with van der Waals surface area (Å²) in [6.45, 7) is 8.80. The molecule has 1 heterocycles. The second kappa shape index (κ2) is 6.73. The van der Waals surface area contributed by atoms with Crippen LogP contribution in [-0.4, -0.2) is 34.1 Å². The van der Waals surface area contributed by atoms with Crippen LogP contribution in [0.3, 0.4) is 0 Å². The number of anilines is 2. The van der Waals surface area contributed by atoms with Crippen molar-refractivity contribution >= 4 is 11.9 Å². The van der Waals surface area contributed by atoms with E-state index in [0.29, 0.717) is 19.0 Å². The maximum Gasteiger partial charge on any atom is 0.323 e. The number of nitriles is 1. The summed E-state index contributed by atoms with van der Waals surface area (Å²) in [6, 6.07) is 2.39. The van der Waals surface area contributed by atoms with Gasteiger partial charge in [0.2, 0.25) is 11.9 Å². The van der Waals surface area contributed by atoms with Gasteiger partial charge in [-0.15, -0.1) is 0 Å². The molecule has 0 aliphatic rings. The van der Waals surface area contributed by atoms with E-state index in [-0.39, 0.29) is 24.0 Å². The maximum absolute atomic E-state index is 8.88. The molecule has 0 fully saturated rings. The Bertz CT molecular complexity index is 456. The monoisotopic (exact) mass is 264 g/mol. The van der Waals surface area contributed by atoms with E-state index in [1.807, 2.05) is 32.6 Å². The lowest BCUT2D eigenvalue weighted by atomic mass is 10.2. The van der Waals surface area contributed by atoms with Crippen LogP contribution in [0.25, 0.3) is 0 Å². The highest BCUT2D eigenvalue weighted by atomic mass is 16.5. The number of nitrogens with two attached hydrogens (primary N) is 1. The first kappa shape index (κ1) is 15.0. The van der Waals surface area contributed by atoms with E-state index < -0.39 is 0 Å². The molecule has 0 amide bonds. The molecule has 2 N–H and O–H groups in total. The Morgan fingerprint density at radius 2 is 2.00 bits per heavy atom. The standard InChI is InChI=1S/C12H20N6O/c1-5-18(7-9(4)6-13)11-15-10(14)16-12(17-11)19-8(2)3/h8-9H,5,7H2,1-4H3,(H2,14,15,16,17). The molecule has 0 saturated heterocycles. The highest BCUT2D eigenvalue weighted by Crippen LogP contribution is 2.15. The van der Waals surface area contributed by atoms with Crippen molar-refractivity contribution in [3.05, 3.63) is 0 Å². The van der Waals surface area contributed by atoms with Crippen molar-refractivity contribution in [3.8, 4) is 12.1 Å². The molecule has 1 atom stereocenters. The molecule has 1 unspecified atom stereocenters. The van der Waals surface area contributed by atoms with E-state index >= 15 is 0 Å². The summed E-state index contributed by atoms with van der Waals surface area (Å²) in [7, 11) is 0. The SMILES string of the molecule is CCN(CC(C)C#N)c1nc(N)nc(OC(C)C)n1. The lowest BCUT2D eigenvalue weighted by Crippen LogP contribution is -2.30. The third kappa shape index (κ3) is 4.58. The van der Waals surface area contributed by atoms with Gasteiger partial charge >= 0.3 is 6.01 Å². The fourth-order valence-electron chi connectivity index (χ4n) is 1.49. The second-order valence-corrected chi connectivity index (χ2v) is 4.51. The van der Waals surface area contributed by atoms with Gasteiger partial charge in [-0.3, -0.25) is 0 Å². The minimum absolute atomic E-state index is 0.0391. The van der Waals surface area contributed by atoms with Crippen LogP contribution in [0.4, 0.5) is 11.9 Å². The quantitative estimate of drug-likeness (QED) is 0.824. The lowest BCUT2D eigenvalue weighted by Gasteiger charge is -2.22. The highest BCUT2D eigenvalue weighted by molar-refractivity contribution is 5.36. The fourth-order valence-corrected chi connectivity index (χ4v) is 1.49. The summed E-state index contributed by atoms with van der Waals surface area (Å²) in [5, 5.41) is 8.88. The van der Waals surface area contributed by atoms with E-state index in [4.69, 9.17) is 15.7 Å². The van der Waals surface area contributed by atoms with Gasteiger partial charge in [0.1, 0.15) is 0 Å². The van der Waals surface area contributed by atoms with Crippen molar-refractivity contribution in [2.24, 2.45) is 5.92 Å². The topological polar surface area (TPSA) is 101 Å². The summed E-state index contributed by atoms with van der Waals surface area (Å²) in [4.78, 5) is 14.1. The van der Waals surface area contributed by atoms with Crippen molar-refractivity contribution in [1.29, 1.82) is 5.26 Å². The molecule has 1 rings (SSSR count). The van der Waals surface area contributed by atoms with E-state index in [9.17, 15) is 0 Å². The predicted molar refractivity (Wildman–Crippen MR) is 72.7 cm³/mol. The molecule has 0 aliphatic carbocycles. The molecule has 0 aromatic carbocycles. The molecule has 0 aliphatic heterocycles. The van der Waals surface area contributed by atoms with Gasteiger partial charge in [0.25, 0.3) is 0 Å². The summed E-state index contributed by atoms with van der Waals surface area (Å²) in [5.74, 6) is 0.434. The van der Waals surface area contributed by atoms with Crippen LogP contribution in [0.5, 0.6) is 6.01 Å². The van der Waals surface area contributed by atoms with E-state index in [0.717, 1.165) is 0 Å². The van der Waals surface area contributed by atoms with Gasteiger partial charge < -0.3 is 15.4 Å². The summed E-state index contributed by atoms with van der Waals surface area (Å²) in [5.41, 5.74) is 5.66. The van der Waals surface area contributed by atoms with Crippen molar-refractivity contribution in [1.82, 2.24) is 15.0 Å². The minimum atomic E-state index is -0.118. The van der Waals surface area contributed by atoms with E-state index in [2.05, 4.69) is 21.0 Å². The molecule has 7 heteroatoms. The van der Waals surface area contributed by atoms with Crippen LogP contribution in [0.15, 0.2) is 0 Å². The molecular weight excluding hydrogens is 244 g/mol. The number of nitrogen functional groups attached to an aromatic ring is 1. The Balaban J connectivity index is 2.97. The normalized spacial score (nSPS) is 12.0. The molecule has 104 valence electrons.